The Labute approximate surface area is 186 Å². The molecule has 1 aromatic heterocycles. The summed E-state index contributed by atoms with van der Waals surface area (Å²) in [6.45, 7) is 0.432. The first-order valence-electron chi connectivity index (χ1n) is 10.0. The number of benzene rings is 2. The maximum atomic E-state index is 13.0. The Hall–Kier alpha value is -3.92. The Kier molecular flexibility index (Phi) is 5.54. The lowest BCUT2D eigenvalue weighted by molar-refractivity contribution is -0.137. The van der Waals surface area contributed by atoms with Gasteiger partial charge in [0.05, 0.1) is 17.8 Å². The first kappa shape index (κ1) is 22.3. The fourth-order valence-corrected chi connectivity index (χ4v) is 3.97. The van der Waals surface area contributed by atoms with E-state index >= 15 is 0 Å². The Balaban J connectivity index is 1.76. The molecule has 0 saturated carbocycles. The van der Waals surface area contributed by atoms with Crippen molar-refractivity contribution < 1.29 is 27.9 Å². The van der Waals surface area contributed by atoms with Gasteiger partial charge in [0.1, 0.15) is 24.5 Å². The summed E-state index contributed by atoms with van der Waals surface area (Å²) < 4.78 is 38.4. The van der Waals surface area contributed by atoms with E-state index < -0.39 is 28.2 Å². The number of nitrogens with one attached hydrogen (secondary N) is 1. The Morgan fingerprint density at radius 2 is 1.79 bits per heavy atom. The number of carbonyl (C=O) groups is 2. The molecule has 10 heteroatoms. The molecule has 0 aliphatic carbocycles. The van der Waals surface area contributed by atoms with Gasteiger partial charge in [-0.05, 0) is 36.4 Å². The maximum absolute atomic E-state index is 13.0. The highest BCUT2D eigenvalue weighted by Crippen LogP contribution is 2.36. The molecule has 170 valence electrons. The zero-order chi connectivity index (χ0) is 23.8. The van der Waals surface area contributed by atoms with Gasteiger partial charge in [0.25, 0.3) is 5.91 Å². The van der Waals surface area contributed by atoms with Crippen molar-refractivity contribution in [2.45, 2.75) is 12.7 Å². The van der Waals surface area contributed by atoms with Crippen LogP contribution in [0.15, 0.2) is 60.7 Å². The van der Waals surface area contributed by atoms with Crippen molar-refractivity contribution in [1.82, 2.24) is 9.47 Å². The van der Waals surface area contributed by atoms with Gasteiger partial charge < -0.3 is 16.2 Å². The summed E-state index contributed by atoms with van der Waals surface area (Å²) in [7, 11) is 0. The van der Waals surface area contributed by atoms with Gasteiger partial charge in [0.15, 0.2) is 0 Å². The number of alkyl halides is 3. The van der Waals surface area contributed by atoms with Crippen LogP contribution in [0.25, 0.3) is 11.3 Å². The second-order valence-electron chi connectivity index (χ2n) is 7.75. The number of hydrogen-bond acceptors (Lipinski definition) is 4. The average molecular weight is 457 g/mol. The number of aromatic nitrogens is 1. The lowest BCUT2D eigenvalue weighted by atomic mass is 10.0. The van der Waals surface area contributed by atoms with Crippen molar-refractivity contribution in [3.05, 3.63) is 77.5 Å². The van der Waals surface area contributed by atoms with Gasteiger partial charge in [-0.2, -0.15) is 22.4 Å². The zero-order valence-corrected chi connectivity index (χ0v) is 17.3. The lowest BCUT2D eigenvalue weighted by Crippen LogP contribution is -2.54. The number of pyridine rings is 1. The van der Waals surface area contributed by atoms with E-state index in [1.165, 1.54) is 18.2 Å². The van der Waals surface area contributed by atoms with E-state index in [2.05, 4.69) is 10.3 Å². The molecular formula is C23H20F3N4O3+. The molecule has 0 radical (unpaired) electrons. The predicted molar refractivity (Wildman–Crippen MR) is 117 cm³/mol. The number of rotatable bonds is 3. The topological polar surface area (TPSA) is 105 Å². The minimum absolute atomic E-state index is 0.00633. The standard InChI is InChI=1S/C23H19F3N4O3/c24-23(25,26)16-5-7-17(8-6-16)30(22(32)33)11-10-28-18-9-4-14(12-15(18)13-30)19-2-1-3-20(29-19)21(27)31/h1-9,12H,10-11,13H2,(H3-,27,28,29,31,32,33)/p+1. The number of fused-ring (bicyclic) bond motifs is 1. The maximum Gasteiger partial charge on any atom is 0.519 e. The van der Waals surface area contributed by atoms with Crippen LogP contribution in [0.5, 0.6) is 0 Å². The van der Waals surface area contributed by atoms with Crippen LogP contribution in [0.3, 0.4) is 0 Å². The van der Waals surface area contributed by atoms with Gasteiger partial charge in [-0.1, -0.05) is 12.1 Å². The fraction of sp³-hybridized carbons (Fsp3) is 0.174. The number of carbonyl (C=O) groups excluding carboxylic acids is 1. The van der Waals surface area contributed by atoms with Gasteiger partial charge in [-0.3, -0.25) is 4.79 Å². The SMILES string of the molecule is NC(=O)c1cccc(-c2ccc3c(c2)C[N+](C(=O)O)(c2ccc(C(F)(F)F)cc2)CCN3)n1. The number of carboxylic acid groups (broad SMARTS) is 1. The van der Waals surface area contributed by atoms with Crippen molar-refractivity contribution in [3.63, 3.8) is 0 Å². The molecule has 1 atom stereocenters. The van der Waals surface area contributed by atoms with Gasteiger partial charge in [-0.15, -0.1) is 0 Å². The van der Waals surface area contributed by atoms with Crippen LogP contribution in [0.1, 0.15) is 21.6 Å². The highest BCUT2D eigenvalue weighted by atomic mass is 19.4. The van der Waals surface area contributed by atoms with Gasteiger partial charge in [-0.25, -0.2) is 4.98 Å². The molecule has 0 fully saturated rings. The van der Waals surface area contributed by atoms with E-state index in [1.807, 2.05) is 0 Å². The number of nitrogens with two attached hydrogens (primary N) is 1. The molecule has 3 aromatic rings. The van der Waals surface area contributed by atoms with Crippen LogP contribution in [0.2, 0.25) is 0 Å². The lowest BCUT2D eigenvalue weighted by Gasteiger charge is -2.31. The third-order valence-corrected chi connectivity index (χ3v) is 5.71. The number of amides is 2. The molecule has 0 spiro atoms. The van der Waals surface area contributed by atoms with E-state index in [0.717, 1.165) is 17.8 Å². The normalized spacial score (nSPS) is 18.0. The molecule has 4 N–H and O–H groups in total. The third-order valence-electron chi connectivity index (χ3n) is 5.71. The van der Waals surface area contributed by atoms with Crippen molar-refractivity contribution in [2.24, 2.45) is 5.73 Å². The first-order valence-corrected chi connectivity index (χ1v) is 10.0. The van der Waals surface area contributed by atoms with Gasteiger partial charge in [0, 0.05) is 28.9 Å². The van der Waals surface area contributed by atoms with Crippen LogP contribution in [-0.2, 0) is 12.7 Å². The Morgan fingerprint density at radius 1 is 1.06 bits per heavy atom. The van der Waals surface area contributed by atoms with E-state index in [9.17, 15) is 27.9 Å². The summed E-state index contributed by atoms with van der Waals surface area (Å²) in [6, 6.07) is 14.4. The smallest absolute Gasteiger partial charge is 0.435 e. The zero-order valence-electron chi connectivity index (χ0n) is 17.3. The number of anilines is 1. The van der Waals surface area contributed by atoms with E-state index in [0.29, 0.717) is 23.4 Å². The van der Waals surface area contributed by atoms with Gasteiger partial charge in [0.2, 0.25) is 0 Å². The first-order chi connectivity index (χ1) is 15.6. The van der Waals surface area contributed by atoms with Crippen LogP contribution >= 0.6 is 0 Å². The summed E-state index contributed by atoms with van der Waals surface area (Å²) >= 11 is 0. The molecule has 0 bridgehead atoms. The highest BCUT2D eigenvalue weighted by Gasteiger charge is 2.42. The fourth-order valence-electron chi connectivity index (χ4n) is 3.97. The monoisotopic (exact) mass is 457 g/mol. The van der Waals surface area contributed by atoms with Crippen molar-refractivity contribution in [1.29, 1.82) is 0 Å². The molecule has 1 unspecified atom stereocenters. The number of nitrogens with zero attached hydrogens (tertiary/aromatic N) is 2. The van der Waals surface area contributed by atoms with Crippen molar-refractivity contribution in [2.75, 3.05) is 18.4 Å². The summed E-state index contributed by atoms with van der Waals surface area (Å²) in [5.74, 6) is -0.669. The minimum atomic E-state index is -4.51. The summed E-state index contributed by atoms with van der Waals surface area (Å²) in [4.78, 5) is 28.2. The molecule has 33 heavy (non-hydrogen) atoms. The number of primary amides is 1. The number of hydrogen-bond donors (Lipinski definition) is 3. The summed E-state index contributed by atoms with van der Waals surface area (Å²) in [5.41, 5.74) is 7.32. The molecule has 2 aromatic carbocycles. The van der Waals surface area contributed by atoms with Gasteiger partial charge >= 0.3 is 12.3 Å². The quantitative estimate of drug-likeness (QED) is 0.503. The number of quaternary nitrogens is 1. The molecule has 2 amide bonds. The van der Waals surface area contributed by atoms with E-state index in [4.69, 9.17) is 5.73 Å². The van der Waals surface area contributed by atoms with Crippen LogP contribution < -0.4 is 15.5 Å². The third kappa shape index (κ3) is 4.24. The van der Waals surface area contributed by atoms with E-state index in [-0.39, 0.29) is 24.5 Å². The average Bonchev–Trinajstić information content (AvgIpc) is 2.98. The van der Waals surface area contributed by atoms with Crippen LogP contribution in [0, 0.1) is 0 Å². The summed E-state index contributed by atoms with van der Waals surface area (Å²) in [6.07, 6.45) is -5.69. The largest absolute Gasteiger partial charge is 0.519 e. The Bertz CT molecular complexity index is 1230. The molecule has 2 heterocycles. The van der Waals surface area contributed by atoms with Crippen LogP contribution in [-0.4, -0.2) is 35.2 Å². The molecular weight excluding hydrogens is 437 g/mol. The molecule has 4 rings (SSSR count). The van der Waals surface area contributed by atoms with E-state index in [1.54, 1.807) is 30.3 Å². The highest BCUT2D eigenvalue weighted by molar-refractivity contribution is 5.91. The predicted octanol–water partition coefficient (Wildman–Crippen LogP) is 4.48. The van der Waals surface area contributed by atoms with Crippen molar-refractivity contribution in [3.8, 4) is 11.3 Å². The minimum Gasteiger partial charge on any atom is -0.435 e. The van der Waals surface area contributed by atoms with Crippen molar-refractivity contribution >= 4 is 23.4 Å². The summed E-state index contributed by atoms with van der Waals surface area (Å²) in [5, 5.41) is 13.4. The molecule has 1 aliphatic rings. The molecule has 1 aliphatic heterocycles. The Morgan fingerprint density at radius 3 is 2.42 bits per heavy atom. The second kappa shape index (κ2) is 8.21. The van der Waals surface area contributed by atoms with Crippen LogP contribution in [0.4, 0.5) is 29.3 Å². The molecule has 7 nitrogen and oxygen atoms in total. The molecule has 0 saturated heterocycles. The number of halogens is 3. The second-order valence-corrected chi connectivity index (χ2v) is 7.75.